The van der Waals surface area contributed by atoms with Crippen LogP contribution >= 0.6 is 12.2 Å². The lowest BCUT2D eigenvalue weighted by Crippen LogP contribution is -2.39. The van der Waals surface area contributed by atoms with Gasteiger partial charge in [-0.2, -0.15) is 0 Å². The van der Waals surface area contributed by atoms with Crippen LogP contribution in [-0.4, -0.2) is 36.2 Å². The fraction of sp³-hybridized carbons (Fsp3) is 0.545. The summed E-state index contributed by atoms with van der Waals surface area (Å²) < 4.78 is 5.25. The fourth-order valence-corrected chi connectivity index (χ4v) is 1.71. The largest absolute Gasteiger partial charge is 0.399 e. The van der Waals surface area contributed by atoms with Gasteiger partial charge in [-0.05, 0) is 26.0 Å². The van der Waals surface area contributed by atoms with Crippen molar-refractivity contribution in [3.8, 4) is 0 Å². The second-order valence-corrected chi connectivity index (χ2v) is 4.22. The van der Waals surface area contributed by atoms with Crippen molar-refractivity contribution >= 4 is 17.2 Å². The highest BCUT2D eigenvalue weighted by molar-refractivity contribution is 7.80. The zero-order valence-electron chi connectivity index (χ0n) is 9.32. The number of morpholine rings is 1. The van der Waals surface area contributed by atoms with E-state index in [0.717, 1.165) is 31.3 Å². The Morgan fingerprint density at radius 2 is 1.87 bits per heavy atom. The van der Waals surface area contributed by atoms with E-state index in [-0.39, 0.29) is 0 Å². The van der Waals surface area contributed by atoms with E-state index in [4.69, 9.17) is 22.7 Å². The molecule has 1 saturated heterocycles. The summed E-state index contributed by atoms with van der Waals surface area (Å²) in [6.07, 6.45) is 3.76. The summed E-state index contributed by atoms with van der Waals surface area (Å²) >= 11 is 5.29. The molecule has 0 radical (unpaired) electrons. The lowest BCUT2D eigenvalue weighted by Gasteiger charge is -2.27. The lowest BCUT2D eigenvalue weighted by atomic mass is 10.2. The second kappa shape index (κ2) is 5.88. The molecular formula is C11H18N2OS. The van der Waals surface area contributed by atoms with Gasteiger partial charge in [-0.1, -0.05) is 17.8 Å². The SMILES string of the molecule is CC(C)=C/C(N)=C\C(=S)N1CCOCC1. The number of allylic oxidation sites excluding steroid dienone is 2. The maximum absolute atomic E-state index is 5.82. The Labute approximate surface area is 96.6 Å². The minimum atomic E-state index is 0.714. The minimum absolute atomic E-state index is 0.714. The lowest BCUT2D eigenvalue weighted by molar-refractivity contribution is 0.0694. The van der Waals surface area contributed by atoms with E-state index >= 15 is 0 Å². The molecule has 2 N–H and O–H groups in total. The smallest absolute Gasteiger partial charge is 0.104 e. The summed E-state index contributed by atoms with van der Waals surface area (Å²) in [5, 5.41) is 0. The number of nitrogens with two attached hydrogens (primary N) is 1. The molecule has 0 aromatic rings. The van der Waals surface area contributed by atoms with Crippen LogP contribution in [0.3, 0.4) is 0 Å². The van der Waals surface area contributed by atoms with E-state index in [1.165, 1.54) is 5.57 Å². The highest BCUT2D eigenvalue weighted by Crippen LogP contribution is 2.03. The van der Waals surface area contributed by atoms with Gasteiger partial charge in [0, 0.05) is 18.8 Å². The Morgan fingerprint density at radius 3 is 2.40 bits per heavy atom. The van der Waals surface area contributed by atoms with Crippen molar-refractivity contribution in [1.29, 1.82) is 0 Å². The van der Waals surface area contributed by atoms with Gasteiger partial charge in [-0.15, -0.1) is 0 Å². The van der Waals surface area contributed by atoms with Gasteiger partial charge in [0.25, 0.3) is 0 Å². The van der Waals surface area contributed by atoms with Crippen LogP contribution in [0.5, 0.6) is 0 Å². The standard InChI is InChI=1S/C11H18N2OS/c1-9(2)7-10(12)8-11(15)13-3-5-14-6-4-13/h7-8H,3-6,12H2,1-2H3/b10-8+. The van der Waals surface area contributed by atoms with E-state index < -0.39 is 0 Å². The summed E-state index contributed by atoms with van der Waals surface area (Å²) in [5.41, 5.74) is 7.71. The molecule has 0 aromatic carbocycles. The van der Waals surface area contributed by atoms with Crippen LogP contribution in [0.1, 0.15) is 13.8 Å². The molecule has 4 heteroatoms. The molecule has 1 rings (SSSR count). The number of rotatable bonds is 2. The monoisotopic (exact) mass is 226 g/mol. The van der Waals surface area contributed by atoms with Crippen LogP contribution in [0.4, 0.5) is 0 Å². The van der Waals surface area contributed by atoms with Gasteiger partial charge in [0.05, 0.1) is 13.2 Å². The van der Waals surface area contributed by atoms with Gasteiger partial charge in [-0.25, -0.2) is 0 Å². The molecule has 84 valence electrons. The molecule has 1 fully saturated rings. The van der Waals surface area contributed by atoms with Crippen LogP contribution in [-0.2, 0) is 4.74 Å². The average Bonchev–Trinajstić information content (AvgIpc) is 2.17. The average molecular weight is 226 g/mol. The molecule has 0 spiro atoms. The number of hydrogen-bond donors (Lipinski definition) is 1. The van der Waals surface area contributed by atoms with Gasteiger partial charge >= 0.3 is 0 Å². The Morgan fingerprint density at radius 1 is 1.27 bits per heavy atom. The second-order valence-electron chi connectivity index (χ2n) is 3.80. The van der Waals surface area contributed by atoms with Crippen LogP contribution in [0.15, 0.2) is 23.4 Å². The number of thiocarbonyl (C=S) groups is 1. The first-order valence-electron chi connectivity index (χ1n) is 5.08. The quantitative estimate of drug-likeness (QED) is 0.439. The van der Waals surface area contributed by atoms with Crippen molar-refractivity contribution < 1.29 is 4.74 Å². The van der Waals surface area contributed by atoms with Crippen molar-refractivity contribution in [3.63, 3.8) is 0 Å². The van der Waals surface area contributed by atoms with Crippen molar-refractivity contribution in [2.75, 3.05) is 26.3 Å². The number of ether oxygens (including phenoxy) is 1. The molecule has 1 aliphatic heterocycles. The molecule has 15 heavy (non-hydrogen) atoms. The highest BCUT2D eigenvalue weighted by Gasteiger charge is 2.11. The van der Waals surface area contributed by atoms with Crippen LogP contribution in [0, 0.1) is 0 Å². The predicted molar refractivity (Wildman–Crippen MR) is 66.7 cm³/mol. The van der Waals surface area contributed by atoms with Crippen molar-refractivity contribution in [2.45, 2.75) is 13.8 Å². The van der Waals surface area contributed by atoms with Crippen molar-refractivity contribution in [3.05, 3.63) is 23.4 Å². The first kappa shape index (κ1) is 12.2. The maximum Gasteiger partial charge on any atom is 0.104 e. The first-order chi connectivity index (χ1) is 7.09. The molecular weight excluding hydrogens is 208 g/mol. The Bertz CT molecular complexity index is 287. The van der Waals surface area contributed by atoms with Gasteiger partial charge in [0.1, 0.15) is 4.99 Å². The normalized spacial score (nSPS) is 17.5. The molecule has 1 aliphatic rings. The topological polar surface area (TPSA) is 38.5 Å². The van der Waals surface area contributed by atoms with Gasteiger partial charge < -0.3 is 15.4 Å². The zero-order valence-corrected chi connectivity index (χ0v) is 10.1. The van der Waals surface area contributed by atoms with Crippen LogP contribution in [0.2, 0.25) is 0 Å². The molecule has 0 unspecified atom stereocenters. The molecule has 0 saturated carbocycles. The zero-order chi connectivity index (χ0) is 11.3. The van der Waals surface area contributed by atoms with Crippen LogP contribution < -0.4 is 5.73 Å². The van der Waals surface area contributed by atoms with E-state index in [0.29, 0.717) is 5.70 Å². The van der Waals surface area contributed by atoms with E-state index in [1.807, 2.05) is 26.0 Å². The number of hydrogen-bond acceptors (Lipinski definition) is 3. The summed E-state index contributed by atoms with van der Waals surface area (Å²) in [7, 11) is 0. The van der Waals surface area contributed by atoms with Crippen LogP contribution in [0.25, 0.3) is 0 Å². The summed E-state index contributed by atoms with van der Waals surface area (Å²) in [6.45, 7) is 7.24. The van der Waals surface area contributed by atoms with E-state index in [2.05, 4.69) is 4.90 Å². The fourth-order valence-electron chi connectivity index (χ4n) is 1.39. The predicted octanol–water partition coefficient (Wildman–Crippen LogP) is 1.45. The van der Waals surface area contributed by atoms with Crippen molar-refractivity contribution in [2.24, 2.45) is 5.73 Å². The summed E-state index contributed by atoms with van der Waals surface area (Å²) in [6, 6.07) is 0. The summed E-state index contributed by atoms with van der Waals surface area (Å²) in [4.78, 5) is 2.91. The molecule has 0 bridgehead atoms. The highest BCUT2D eigenvalue weighted by atomic mass is 32.1. The Hall–Kier alpha value is -0.870. The first-order valence-corrected chi connectivity index (χ1v) is 5.49. The Balaban J connectivity index is 2.56. The third-order valence-corrected chi connectivity index (χ3v) is 2.44. The molecule has 0 amide bonds. The molecule has 0 aliphatic carbocycles. The van der Waals surface area contributed by atoms with Gasteiger partial charge in [0.2, 0.25) is 0 Å². The third kappa shape index (κ3) is 4.44. The molecule has 0 atom stereocenters. The molecule has 1 heterocycles. The minimum Gasteiger partial charge on any atom is -0.399 e. The third-order valence-electron chi connectivity index (χ3n) is 2.07. The van der Waals surface area contributed by atoms with E-state index in [1.54, 1.807) is 0 Å². The van der Waals surface area contributed by atoms with Crippen molar-refractivity contribution in [1.82, 2.24) is 4.90 Å². The van der Waals surface area contributed by atoms with Gasteiger partial charge in [0.15, 0.2) is 0 Å². The number of nitrogens with zero attached hydrogens (tertiary/aromatic N) is 1. The molecule has 3 nitrogen and oxygen atoms in total. The van der Waals surface area contributed by atoms with Gasteiger partial charge in [-0.3, -0.25) is 0 Å². The van der Waals surface area contributed by atoms with E-state index in [9.17, 15) is 0 Å². The summed E-state index contributed by atoms with van der Waals surface area (Å²) in [5.74, 6) is 0. The Kier molecular flexibility index (Phi) is 4.78. The molecule has 0 aromatic heterocycles. The maximum atomic E-state index is 5.82.